The molecule has 0 aliphatic carbocycles. The van der Waals surface area contributed by atoms with Gasteiger partial charge in [-0.2, -0.15) is 0 Å². The molecule has 2 heterocycles. The van der Waals surface area contributed by atoms with Crippen molar-refractivity contribution in [1.29, 1.82) is 0 Å². The number of ether oxygens (including phenoxy) is 1. The number of benzene rings is 2. The van der Waals surface area contributed by atoms with Crippen molar-refractivity contribution < 1.29 is 14.6 Å². The molecule has 2 aromatic carbocycles. The van der Waals surface area contributed by atoms with E-state index in [-0.39, 0.29) is 6.42 Å². The maximum Gasteiger partial charge on any atom is 0.303 e. The summed E-state index contributed by atoms with van der Waals surface area (Å²) in [5, 5.41) is 10.3. The molecule has 0 aliphatic heterocycles. The van der Waals surface area contributed by atoms with E-state index in [9.17, 15) is 9.90 Å². The number of carbonyl (C=O) groups is 1. The van der Waals surface area contributed by atoms with Crippen LogP contribution in [0.15, 0.2) is 54.6 Å². The molecule has 30 heavy (non-hydrogen) atoms. The Morgan fingerprint density at radius 2 is 1.90 bits per heavy atom. The molecule has 4 rings (SSSR count). The fourth-order valence-corrected chi connectivity index (χ4v) is 4.72. The van der Waals surface area contributed by atoms with Gasteiger partial charge in [-0.25, -0.2) is 4.98 Å². The normalized spacial score (nSPS) is 11.1. The molecular weight excluding hydrogens is 396 g/mol. The molecule has 0 spiro atoms. The second-order valence-electron chi connectivity index (χ2n) is 7.18. The van der Waals surface area contributed by atoms with E-state index in [2.05, 4.69) is 35.8 Å². The molecule has 154 valence electrons. The van der Waals surface area contributed by atoms with Gasteiger partial charge in [0.1, 0.15) is 5.75 Å². The lowest BCUT2D eigenvalue weighted by Gasteiger charge is -2.14. The number of aryl methyl sites for hydroxylation is 2. The Kier molecular flexibility index (Phi) is 5.86. The van der Waals surface area contributed by atoms with Gasteiger partial charge in [-0.05, 0) is 79.4 Å². The number of fused-ring (bicyclic) bond motifs is 1. The maximum atomic E-state index is 11.2. The van der Waals surface area contributed by atoms with Crippen LogP contribution in [-0.4, -0.2) is 27.7 Å². The van der Waals surface area contributed by atoms with Crippen LogP contribution in [0.5, 0.6) is 5.75 Å². The molecule has 0 aliphatic rings. The van der Waals surface area contributed by atoms with Crippen molar-refractivity contribution in [3.63, 3.8) is 0 Å². The topological polar surface area (TPSA) is 64.4 Å². The first-order chi connectivity index (χ1) is 14.6. The third-order valence-corrected chi connectivity index (χ3v) is 6.16. The lowest BCUT2D eigenvalue weighted by Crippen LogP contribution is -2.05. The van der Waals surface area contributed by atoms with Crippen LogP contribution in [0.25, 0.3) is 27.2 Å². The van der Waals surface area contributed by atoms with Crippen LogP contribution in [0, 0.1) is 0 Å². The fourth-order valence-electron chi connectivity index (χ4n) is 3.62. The Morgan fingerprint density at radius 1 is 1.10 bits per heavy atom. The van der Waals surface area contributed by atoms with Gasteiger partial charge in [0.2, 0.25) is 0 Å². The number of aliphatic carboxylic acids is 1. The lowest BCUT2D eigenvalue weighted by molar-refractivity contribution is -0.136. The third-order valence-electron chi connectivity index (χ3n) is 5.08. The van der Waals surface area contributed by atoms with Crippen LogP contribution in [0.1, 0.15) is 30.5 Å². The van der Waals surface area contributed by atoms with Gasteiger partial charge in [0.15, 0.2) is 0 Å². The standard InChI is InChI=1S/C24H24N2O3S/c1-3-4-23-25-20-12-7-18(15-22(20)30-23)26-17(9-14-24(27)28)8-13-21(26)16-5-10-19(29-2)11-6-16/h5-8,10-13,15H,3-4,9,14H2,1-2H3,(H,27,28). The number of thiazole rings is 1. The molecule has 0 saturated heterocycles. The van der Waals surface area contributed by atoms with Gasteiger partial charge in [-0.3, -0.25) is 4.79 Å². The predicted molar refractivity (Wildman–Crippen MR) is 121 cm³/mol. The zero-order valence-corrected chi connectivity index (χ0v) is 17.9. The summed E-state index contributed by atoms with van der Waals surface area (Å²) in [6.45, 7) is 2.16. The molecule has 0 unspecified atom stereocenters. The number of hydrogen-bond donors (Lipinski definition) is 1. The first-order valence-corrected chi connectivity index (χ1v) is 10.9. The Balaban J connectivity index is 1.81. The van der Waals surface area contributed by atoms with E-state index in [0.717, 1.165) is 56.5 Å². The van der Waals surface area contributed by atoms with E-state index >= 15 is 0 Å². The number of nitrogens with zero attached hydrogens (tertiary/aromatic N) is 2. The van der Waals surface area contributed by atoms with E-state index in [0.29, 0.717) is 6.42 Å². The van der Waals surface area contributed by atoms with E-state index in [4.69, 9.17) is 9.72 Å². The minimum atomic E-state index is -0.795. The van der Waals surface area contributed by atoms with Crippen LogP contribution in [0.2, 0.25) is 0 Å². The monoisotopic (exact) mass is 420 g/mol. The van der Waals surface area contributed by atoms with E-state index in [1.165, 1.54) is 0 Å². The first-order valence-electron chi connectivity index (χ1n) is 10.1. The number of methoxy groups -OCH3 is 1. The quantitative estimate of drug-likeness (QED) is 0.395. The Bertz CT molecular complexity index is 1180. The second kappa shape index (κ2) is 8.71. The molecule has 0 amide bonds. The van der Waals surface area contributed by atoms with E-state index in [1.54, 1.807) is 18.4 Å². The van der Waals surface area contributed by atoms with Gasteiger partial charge in [-0.1, -0.05) is 6.92 Å². The minimum absolute atomic E-state index is 0.0928. The van der Waals surface area contributed by atoms with Crippen molar-refractivity contribution in [3.05, 3.63) is 65.3 Å². The second-order valence-corrected chi connectivity index (χ2v) is 8.29. The van der Waals surface area contributed by atoms with E-state index in [1.807, 2.05) is 30.3 Å². The highest BCUT2D eigenvalue weighted by Crippen LogP contribution is 2.32. The summed E-state index contributed by atoms with van der Waals surface area (Å²) in [6, 6.07) is 18.3. The molecule has 0 fully saturated rings. The first kappa shape index (κ1) is 20.2. The van der Waals surface area contributed by atoms with Gasteiger partial charge in [-0.15, -0.1) is 11.3 Å². The highest BCUT2D eigenvalue weighted by molar-refractivity contribution is 7.18. The summed E-state index contributed by atoms with van der Waals surface area (Å²) in [6.07, 6.45) is 2.62. The Labute approximate surface area is 179 Å². The number of carboxylic acid groups (broad SMARTS) is 1. The highest BCUT2D eigenvalue weighted by Gasteiger charge is 2.15. The summed E-state index contributed by atoms with van der Waals surface area (Å²) in [7, 11) is 1.65. The van der Waals surface area contributed by atoms with Crippen molar-refractivity contribution >= 4 is 27.5 Å². The largest absolute Gasteiger partial charge is 0.497 e. The molecule has 0 saturated carbocycles. The van der Waals surface area contributed by atoms with Crippen LogP contribution in [-0.2, 0) is 17.6 Å². The summed E-state index contributed by atoms with van der Waals surface area (Å²) in [5.41, 5.74) is 5.08. The summed E-state index contributed by atoms with van der Waals surface area (Å²) < 4.78 is 8.59. The SMILES string of the molecule is CCCc1nc2ccc(-n3c(CCC(=O)O)ccc3-c3ccc(OC)cc3)cc2s1. The Hall–Kier alpha value is -3.12. The van der Waals surface area contributed by atoms with Gasteiger partial charge in [0, 0.05) is 11.4 Å². The molecule has 0 atom stereocenters. The van der Waals surface area contributed by atoms with Gasteiger partial charge >= 0.3 is 5.97 Å². The highest BCUT2D eigenvalue weighted by atomic mass is 32.1. The zero-order valence-electron chi connectivity index (χ0n) is 17.1. The van der Waals surface area contributed by atoms with Crippen LogP contribution >= 0.6 is 11.3 Å². The molecule has 0 bridgehead atoms. The van der Waals surface area contributed by atoms with E-state index < -0.39 is 5.97 Å². The summed E-state index contributed by atoms with van der Waals surface area (Å²) in [4.78, 5) is 15.9. The van der Waals surface area contributed by atoms with Crippen LogP contribution in [0.3, 0.4) is 0 Å². The number of carboxylic acids is 1. The number of aromatic nitrogens is 2. The lowest BCUT2D eigenvalue weighted by atomic mass is 10.1. The molecule has 4 aromatic rings. The third kappa shape index (κ3) is 4.09. The molecular formula is C24H24N2O3S. The average molecular weight is 421 g/mol. The Morgan fingerprint density at radius 3 is 2.60 bits per heavy atom. The average Bonchev–Trinajstić information content (AvgIpc) is 3.35. The fraction of sp³-hybridized carbons (Fsp3) is 0.250. The van der Waals surface area contributed by atoms with Gasteiger partial charge < -0.3 is 14.4 Å². The smallest absolute Gasteiger partial charge is 0.303 e. The maximum absolute atomic E-state index is 11.2. The van der Waals surface area contributed by atoms with Crippen molar-refractivity contribution in [2.45, 2.75) is 32.6 Å². The summed E-state index contributed by atoms with van der Waals surface area (Å²) >= 11 is 1.73. The predicted octanol–water partition coefficient (Wildman–Crippen LogP) is 5.73. The molecule has 5 nitrogen and oxygen atoms in total. The van der Waals surface area contributed by atoms with Crippen LogP contribution in [0.4, 0.5) is 0 Å². The number of hydrogen-bond acceptors (Lipinski definition) is 4. The molecule has 1 N–H and O–H groups in total. The zero-order chi connectivity index (χ0) is 21.1. The summed E-state index contributed by atoms with van der Waals surface area (Å²) in [5.74, 6) is 0.00773. The molecule has 0 radical (unpaired) electrons. The van der Waals surface area contributed by atoms with Crippen LogP contribution < -0.4 is 4.74 Å². The van der Waals surface area contributed by atoms with Crippen molar-refractivity contribution in [1.82, 2.24) is 9.55 Å². The molecule has 6 heteroatoms. The van der Waals surface area contributed by atoms with Crippen molar-refractivity contribution in [2.75, 3.05) is 7.11 Å². The van der Waals surface area contributed by atoms with Gasteiger partial charge in [0.25, 0.3) is 0 Å². The minimum Gasteiger partial charge on any atom is -0.497 e. The molecule has 2 aromatic heterocycles. The number of rotatable bonds is 8. The van der Waals surface area contributed by atoms with Crippen molar-refractivity contribution in [3.8, 4) is 22.7 Å². The van der Waals surface area contributed by atoms with Crippen molar-refractivity contribution in [2.24, 2.45) is 0 Å². The van der Waals surface area contributed by atoms with Gasteiger partial charge in [0.05, 0.1) is 34.4 Å².